The van der Waals surface area contributed by atoms with Gasteiger partial charge >= 0.3 is 6.09 Å². The average Bonchev–Trinajstić information content (AvgIpc) is 3.07. The van der Waals surface area contributed by atoms with Gasteiger partial charge in [0.15, 0.2) is 0 Å². The molecule has 12 heteroatoms. The summed E-state index contributed by atoms with van der Waals surface area (Å²) in [6, 6.07) is 4.09. The van der Waals surface area contributed by atoms with Crippen molar-refractivity contribution in [3.63, 3.8) is 0 Å². The van der Waals surface area contributed by atoms with Crippen LogP contribution in [0.15, 0.2) is 18.2 Å². The number of nitrogens with one attached hydrogen (secondary N) is 2. The van der Waals surface area contributed by atoms with Crippen LogP contribution in [0.2, 0.25) is 0 Å². The van der Waals surface area contributed by atoms with Gasteiger partial charge in [0.1, 0.15) is 6.04 Å². The van der Waals surface area contributed by atoms with Crippen molar-refractivity contribution in [1.82, 2.24) is 15.5 Å². The van der Waals surface area contributed by atoms with Gasteiger partial charge < -0.3 is 24.6 Å². The normalized spacial score (nSPS) is 17.5. The predicted octanol–water partition coefficient (Wildman–Crippen LogP) is 0.338. The summed E-state index contributed by atoms with van der Waals surface area (Å²) in [6.45, 7) is 2.41. The Morgan fingerprint density at radius 3 is 2.37 bits per heavy atom. The van der Waals surface area contributed by atoms with Crippen LogP contribution in [0.3, 0.4) is 0 Å². The standard InChI is InChI=1S/C23H29N3O9/c27-18-7-6-17(20(28)25-18)26-21(29)16-5-1-3-15(19(16)22(26)30)4-2-9-33-11-13-35-14-12-34-10-8-24-23(31)32/h1,3,5,17,24H,2,4,6-14H2,(H,31,32)(H,25,27,28). The third-order valence-electron chi connectivity index (χ3n) is 5.56. The van der Waals surface area contributed by atoms with Crippen molar-refractivity contribution in [2.24, 2.45) is 0 Å². The number of piperidine rings is 1. The fourth-order valence-corrected chi connectivity index (χ4v) is 3.93. The molecular formula is C23H29N3O9. The maximum Gasteiger partial charge on any atom is 0.404 e. The van der Waals surface area contributed by atoms with Crippen LogP contribution in [0, 0.1) is 0 Å². The van der Waals surface area contributed by atoms with E-state index in [-0.39, 0.29) is 31.6 Å². The predicted molar refractivity (Wildman–Crippen MR) is 120 cm³/mol. The summed E-state index contributed by atoms with van der Waals surface area (Å²) < 4.78 is 16.1. The highest BCUT2D eigenvalue weighted by molar-refractivity contribution is 6.24. The Balaban J connectivity index is 1.36. The first-order chi connectivity index (χ1) is 16.9. The van der Waals surface area contributed by atoms with Crippen molar-refractivity contribution in [1.29, 1.82) is 0 Å². The van der Waals surface area contributed by atoms with Crippen LogP contribution < -0.4 is 10.6 Å². The maximum absolute atomic E-state index is 13.1. The highest BCUT2D eigenvalue weighted by Crippen LogP contribution is 2.30. The molecule has 190 valence electrons. The first-order valence-electron chi connectivity index (χ1n) is 11.4. The molecule has 0 radical (unpaired) electrons. The number of hydrogen-bond donors (Lipinski definition) is 3. The van der Waals surface area contributed by atoms with E-state index in [0.29, 0.717) is 57.0 Å². The molecule has 1 atom stereocenters. The lowest BCUT2D eigenvalue weighted by atomic mass is 9.99. The largest absolute Gasteiger partial charge is 0.465 e. The highest BCUT2D eigenvalue weighted by atomic mass is 16.5. The van der Waals surface area contributed by atoms with Gasteiger partial charge in [0, 0.05) is 19.6 Å². The first kappa shape index (κ1) is 26.3. The van der Waals surface area contributed by atoms with E-state index in [4.69, 9.17) is 19.3 Å². The van der Waals surface area contributed by atoms with Crippen LogP contribution in [0.1, 0.15) is 45.5 Å². The molecule has 1 unspecified atom stereocenters. The Labute approximate surface area is 201 Å². The fraction of sp³-hybridized carbons (Fsp3) is 0.522. The zero-order chi connectivity index (χ0) is 25.2. The number of carboxylic acid groups (broad SMARTS) is 1. The Bertz CT molecular complexity index is 966. The third kappa shape index (κ3) is 7.07. The summed E-state index contributed by atoms with van der Waals surface area (Å²) in [5.41, 5.74) is 1.29. The smallest absolute Gasteiger partial charge is 0.404 e. The zero-order valence-corrected chi connectivity index (χ0v) is 19.2. The van der Waals surface area contributed by atoms with Gasteiger partial charge in [-0.15, -0.1) is 0 Å². The molecule has 0 saturated carbocycles. The number of amides is 5. The van der Waals surface area contributed by atoms with Crippen molar-refractivity contribution in [2.45, 2.75) is 31.7 Å². The van der Waals surface area contributed by atoms with Crippen LogP contribution in [-0.4, -0.2) is 92.0 Å². The molecule has 1 aromatic rings. The van der Waals surface area contributed by atoms with E-state index >= 15 is 0 Å². The van der Waals surface area contributed by atoms with Crippen LogP contribution in [-0.2, 0) is 30.2 Å². The van der Waals surface area contributed by atoms with Gasteiger partial charge in [-0.2, -0.15) is 0 Å². The van der Waals surface area contributed by atoms with Gasteiger partial charge in [0.25, 0.3) is 11.8 Å². The lowest BCUT2D eigenvalue weighted by molar-refractivity contribution is -0.136. The Morgan fingerprint density at radius 1 is 1.00 bits per heavy atom. The van der Waals surface area contributed by atoms with Crippen molar-refractivity contribution in [2.75, 3.05) is 46.2 Å². The van der Waals surface area contributed by atoms with E-state index < -0.39 is 35.8 Å². The van der Waals surface area contributed by atoms with Crippen LogP contribution in [0.4, 0.5) is 4.79 Å². The third-order valence-corrected chi connectivity index (χ3v) is 5.56. The number of rotatable bonds is 14. The van der Waals surface area contributed by atoms with Gasteiger partial charge in [0.2, 0.25) is 11.8 Å². The SMILES string of the molecule is O=C(O)NCCOCCOCCOCCCc1cccc2c1C(=O)N(C1CCC(=O)NC1=O)C2=O. The maximum atomic E-state index is 13.1. The molecule has 2 aliphatic rings. The van der Waals surface area contributed by atoms with E-state index in [1.54, 1.807) is 18.2 Å². The number of carbonyl (C=O) groups excluding carboxylic acids is 4. The van der Waals surface area contributed by atoms with Crippen LogP contribution in [0.5, 0.6) is 0 Å². The van der Waals surface area contributed by atoms with Gasteiger partial charge in [-0.1, -0.05) is 12.1 Å². The molecular weight excluding hydrogens is 462 g/mol. The molecule has 35 heavy (non-hydrogen) atoms. The quantitative estimate of drug-likeness (QED) is 0.246. The molecule has 12 nitrogen and oxygen atoms in total. The Morgan fingerprint density at radius 2 is 1.69 bits per heavy atom. The molecule has 1 aromatic carbocycles. The molecule has 2 aliphatic heterocycles. The first-order valence-corrected chi connectivity index (χ1v) is 11.4. The summed E-state index contributed by atoms with van der Waals surface area (Å²) in [7, 11) is 0. The van der Waals surface area contributed by atoms with Gasteiger partial charge in [-0.05, 0) is 30.9 Å². The van der Waals surface area contributed by atoms with Crippen molar-refractivity contribution in [3.8, 4) is 0 Å². The summed E-state index contributed by atoms with van der Waals surface area (Å²) in [6.07, 6.45) is 0.248. The summed E-state index contributed by atoms with van der Waals surface area (Å²) in [4.78, 5) is 60.8. The fourth-order valence-electron chi connectivity index (χ4n) is 3.93. The number of fused-ring (bicyclic) bond motifs is 1. The molecule has 2 heterocycles. The molecule has 3 N–H and O–H groups in total. The second kappa shape index (κ2) is 12.9. The molecule has 0 aliphatic carbocycles. The second-order valence-electron chi connectivity index (χ2n) is 7.96. The minimum Gasteiger partial charge on any atom is -0.465 e. The second-order valence-corrected chi connectivity index (χ2v) is 7.96. The van der Waals surface area contributed by atoms with Crippen molar-refractivity contribution < 1.29 is 43.3 Å². The Kier molecular flexibility index (Phi) is 9.70. The molecule has 0 spiro atoms. The average molecular weight is 491 g/mol. The van der Waals surface area contributed by atoms with Gasteiger partial charge in [0.05, 0.1) is 44.2 Å². The molecule has 0 aromatic heterocycles. The van der Waals surface area contributed by atoms with E-state index in [9.17, 15) is 24.0 Å². The molecule has 1 fully saturated rings. The van der Waals surface area contributed by atoms with Crippen molar-refractivity contribution >= 4 is 29.7 Å². The van der Waals surface area contributed by atoms with Gasteiger partial charge in [-0.25, -0.2) is 4.79 Å². The van der Waals surface area contributed by atoms with E-state index in [0.717, 1.165) is 4.90 Å². The summed E-state index contributed by atoms with van der Waals surface area (Å²) in [5.74, 6) is -2.07. The number of ether oxygens (including phenoxy) is 3. The van der Waals surface area contributed by atoms with Crippen LogP contribution in [0.25, 0.3) is 0 Å². The molecule has 3 rings (SSSR count). The molecule has 0 bridgehead atoms. The molecule has 5 amide bonds. The van der Waals surface area contributed by atoms with E-state index in [2.05, 4.69) is 10.6 Å². The topological polar surface area (TPSA) is 161 Å². The lowest BCUT2D eigenvalue weighted by Gasteiger charge is -2.27. The summed E-state index contributed by atoms with van der Waals surface area (Å²) >= 11 is 0. The summed E-state index contributed by atoms with van der Waals surface area (Å²) in [5, 5.41) is 12.8. The highest BCUT2D eigenvalue weighted by Gasteiger charge is 2.45. The number of benzene rings is 1. The number of imide groups is 2. The molecule has 1 saturated heterocycles. The van der Waals surface area contributed by atoms with Crippen LogP contribution >= 0.6 is 0 Å². The number of carbonyl (C=O) groups is 5. The minimum atomic E-state index is -1.09. The zero-order valence-electron chi connectivity index (χ0n) is 19.2. The number of aryl methyl sites for hydroxylation is 1. The minimum absolute atomic E-state index is 0.0784. The Hall–Kier alpha value is -3.35. The lowest BCUT2D eigenvalue weighted by Crippen LogP contribution is -2.54. The monoisotopic (exact) mass is 491 g/mol. The van der Waals surface area contributed by atoms with Crippen molar-refractivity contribution in [3.05, 3.63) is 34.9 Å². The van der Waals surface area contributed by atoms with E-state index in [1.807, 2.05) is 0 Å². The number of hydrogen-bond acceptors (Lipinski definition) is 8. The number of nitrogens with zero attached hydrogens (tertiary/aromatic N) is 1. The van der Waals surface area contributed by atoms with Gasteiger partial charge in [-0.3, -0.25) is 29.4 Å². The van der Waals surface area contributed by atoms with E-state index in [1.165, 1.54) is 0 Å².